The Hall–Kier alpha value is -2.79. The molecule has 0 atom stereocenters. The third kappa shape index (κ3) is 3.30. The van der Waals surface area contributed by atoms with Crippen LogP contribution in [0.15, 0.2) is 48.8 Å². The number of hydrogen-bond acceptors (Lipinski definition) is 3. The van der Waals surface area contributed by atoms with E-state index in [1.807, 2.05) is 24.0 Å². The van der Waals surface area contributed by atoms with Crippen molar-refractivity contribution in [3.8, 4) is 0 Å². The van der Waals surface area contributed by atoms with Crippen LogP contribution in [-0.4, -0.2) is 19.7 Å². The number of hydrogen-bond donors (Lipinski definition) is 2. The third-order valence-electron chi connectivity index (χ3n) is 4.65. The van der Waals surface area contributed by atoms with E-state index in [9.17, 15) is 0 Å². The number of H-pyrrole nitrogens is 1. The van der Waals surface area contributed by atoms with Gasteiger partial charge < -0.3 is 10.3 Å². The van der Waals surface area contributed by atoms with Crippen LogP contribution in [-0.2, 0) is 20.0 Å². The number of halogens is 1. The molecule has 0 amide bonds. The van der Waals surface area contributed by atoms with Crippen molar-refractivity contribution in [3.63, 3.8) is 0 Å². The fourth-order valence-corrected chi connectivity index (χ4v) is 3.28. The fourth-order valence-electron chi connectivity index (χ4n) is 3.13. The van der Waals surface area contributed by atoms with E-state index in [2.05, 4.69) is 57.6 Å². The minimum absolute atomic E-state index is 0.643. The quantitative estimate of drug-likeness (QED) is 0.549. The maximum atomic E-state index is 6.09. The highest BCUT2D eigenvalue weighted by Crippen LogP contribution is 2.23. The summed E-state index contributed by atoms with van der Waals surface area (Å²) in [5, 5.41) is 9.69. The summed E-state index contributed by atoms with van der Waals surface area (Å²) in [6.45, 7) is 2.88. The van der Waals surface area contributed by atoms with Crippen molar-refractivity contribution in [1.29, 1.82) is 0 Å². The Morgan fingerprint density at radius 3 is 2.88 bits per heavy atom. The van der Waals surface area contributed by atoms with Crippen molar-refractivity contribution in [2.75, 3.05) is 5.32 Å². The van der Waals surface area contributed by atoms with Gasteiger partial charge in [-0.3, -0.25) is 4.68 Å². The summed E-state index contributed by atoms with van der Waals surface area (Å²) in [4.78, 5) is 7.52. The van der Waals surface area contributed by atoms with E-state index in [0.717, 1.165) is 41.1 Å². The van der Waals surface area contributed by atoms with Crippen molar-refractivity contribution in [1.82, 2.24) is 19.7 Å². The van der Waals surface area contributed by atoms with Crippen LogP contribution in [0.2, 0.25) is 5.02 Å². The zero-order valence-corrected chi connectivity index (χ0v) is 15.5. The van der Waals surface area contributed by atoms with E-state index in [4.69, 9.17) is 11.6 Å². The number of aromatic nitrogens is 4. The van der Waals surface area contributed by atoms with Crippen molar-refractivity contribution < 1.29 is 0 Å². The molecule has 132 valence electrons. The van der Waals surface area contributed by atoms with Gasteiger partial charge in [0.15, 0.2) is 0 Å². The van der Waals surface area contributed by atoms with Gasteiger partial charge in [-0.1, -0.05) is 35.9 Å². The molecule has 3 aromatic heterocycles. The van der Waals surface area contributed by atoms with Gasteiger partial charge in [-0.2, -0.15) is 5.10 Å². The van der Waals surface area contributed by atoms with Crippen LogP contribution in [0, 0.1) is 6.92 Å². The number of fused-ring (bicyclic) bond motifs is 1. The summed E-state index contributed by atoms with van der Waals surface area (Å²) in [7, 11) is 1.97. The van der Waals surface area contributed by atoms with Gasteiger partial charge in [0.05, 0.1) is 5.02 Å². The maximum absolute atomic E-state index is 6.09. The van der Waals surface area contributed by atoms with Crippen LogP contribution in [0.4, 0.5) is 5.82 Å². The van der Waals surface area contributed by atoms with Crippen molar-refractivity contribution in [3.05, 3.63) is 76.2 Å². The molecule has 0 bridgehead atoms. The molecule has 4 aromatic rings. The molecular weight excluding hydrogens is 346 g/mol. The van der Waals surface area contributed by atoms with Crippen molar-refractivity contribution >= 4 is 28.5 Å². The number of benzene rings is 1. The lowest BCUT2D eigenvalue weighted by Gasteiger charge is -2.05. The molecule has 3 heterocycles. The first-order chi connectivity index (χ1) is 12.6. The summed E-state index contributed by atoms with van der Waals surface area (Å²) in [6.07, 6.45) is 4.40. The molecule has 0 spiro atoms. The Bertz CT molecular complexity index is 1060. The zero-order chi connectivity index (χ0) is 18.1. The first-order valence-corrected chi connectivity index (χ1v) is 8.91. The zero-order valence-electron chi connectivity index (χ0n) is 14.8. The Kier molecular flexibility index (Phi) is 4.39. The summed E-state index contributed by atoms with van der Waals surface area (Å²) in [5.41, 5.74) is 5.68. The Labute approximate surface area is 157 Å². The van der Waals surface area contributed by atoms with Crippen LogP contribution in [0.3, 0.4) is 0 Å². The number of pyridine rings is 1. The highest BCUT2D eigenvalue weighted by Gasteiger charge is 2.11. The Morgan fingerprint density at radius 2 is 2.04 bits per heavy atom. The average molecular weight is 366 g/mol. The van der Waals surface area contributed by atoms with Gasteiger partial charge in [0.1, 0.15) is 11.5 Å². The highest BCUT2D eigenvalue weighted by atomic mass is 35.5. The number of nitrogens with one attached hydrogen (secondary N) is 2. The van der Waals surface area contributed by atoms with Gasteiger partial charge in [0, 0.05) is 49.6 Å². The van der Waals surface area contributed by atoms with Crippen molar-refractivity contribution in [2.24, 2.45) is 7.05 Å². The molecule has 0 fully saturated rings. The number of rotatable bonds is 5. The molecule has 0 aliphatic carbocycles. The second kappa shape index (κ2) is 6.84. The maximum Gasteiger partial charge on any atom is 0.148 e. The van der Waals surface area contributed by atoms with Gasteiger partial charge in [0.25, 0.3) is 0 Å². The van der Waals surface area contributed by atoms with E-state index in [0.29, 0.717) is 5.02 Å². The van der Waals surface area contributed by atoms with Gasteiger partial charge >= 0.3 is 0 Å². The highest BCUT2D eigenvalue weighted by molar-refractivity contribution is 6.31. The largest absolute Gasteiger partial charge is 0.365 e. The molecule has 0 aliphatic heterocycles. The van der Waals surface area contributed by atoms with Gasteiger partial charge in [-0.25, -0.2) is 4.98 Å². The SMILES string of the molecule is Cc1ccccc1CNc1cc(Cc2c[nH]c3ncc(Cl)cc23)n(C)n1. The molecular formula is C20H20ClN5. The molecule has 0 saturated heterocycles. The number of nitrogens with zero attached hydrogens (tertiary/aromatic N) is 3. The third-order valence-corrected chi connectivity index (χ3v) is 4.86. The molecule has 6 heteroatoms. The first kappa shape index (κ1) is 16.7. The van der Waals surface area contributed by atoms with E-state index in [1.54, 1.807) is 6.20 Å². The molecule has 0 aliphatic rings. The summed E-state index contributed by atoms with van der Waals surface area (Å²) in [5.74, 6) is 0.877. The van der Waals surface area contributed by atoms with Gasteiger partial charge in [-0.05, 0) is 29.7 Å². The predicted molar refractivity (Wildman–Crippen MR) is 106 cm³/mol. The number of anilines is 1. The Balaban J connectivity index is 1.53. The standard InChI is InChI=1S/C20H20ClN5/c1-13-5-3-4-6-14(13)10-22-19-9-17(26(2)25-19)7-15-11-23-20-18(15)8-16(21)12-24-20/h3-6,8-9,11-12H,7,10H2,1-2H3,(H,22,25)(H,23,24). The average Bonchev–Trinajstić information content (AvgIpc) is 3.18. The normalized spacial score (nSPS) is 11.2. The minimum Gasteiger partial charge on any atom is -0.365 e. The molecule has 0 radical (unpaired) electrons. The van der Waals surface area contributed by atoms with Crippen LogP contribution >= 0.6 is 11.6 Å². The predicted octanol–water partition coefficient (Wildman–Crippen LogP) is 4.46. The molecule has 2 N–H and O–H groups in total. The monoisotopic (exact) mass is 365 g/mol. The summed E-state index contributed by atoms with van der Waals surface area (Å²) < 4.78 is 1.91. The number of aryl methyl sites for hydroxylation is 2. The first-order valence-electron chi connectivity index (χ1n) is 8.53. The van der Waals surface area contributed by atoms with Gasteiger partial charge in [0.2, 0.25) is 0 Å². The molecule has 1 aromatic carbocycles. The van der Waals surface area contributed by atoms with E-state index < -0.39 is 0 Å². The second-order valence-corrected chi connectivity index (χ2v) is 6.90. The molecule has 26 heavy (non-hydrogen) atoms. The van der Waals surface area contributed by atoms with E-state index in [-0.39, 0.29) is 0 Å². The topological polar surface area (TPSA) is 58.5 Å². The number of aromatic amines is 1. The van der Waals surface area contributed by atoms with Crippen LogP contribution in [0.5, 0.6) is 0 Å². The van der Waals surface area contributed by atoms with Crippen molar-refractivity contribution in [2.45, 2.75) is 19.9 Å². The molecule has 0 saturated carbocycles. The van der Waals surface area contributed by atoms with Gasteiger partial charge in [-0.15, -0.1) is 0 Å². The Morgan fingerprint density at radius 1 is 1.19 bits per heavy atom. The lowest BCUT2D eigenvalue weighted by atomic mass is 10.1. The van der Waals surface area contributed by atoms with Crippen LogP contribution in [0.1, 0.15) is 22.4 Å². The van der Waals surface area contributed by atoms with E-state index in [1.165, 1.54) is 11.1 Å². The lowest BCUT2D eigenvalue weighted by Crippen LogP contribution is -2.02. The minimum atomic E-state index is 0.643. The summed E-state index contributed by atoms with van der Waals surface area (Å²) in [6, 6.07) is 12.4. The van der Waals surface area contributed by atoms with Crippen LogP contribution in [0.25, 0.3) is 11.0 Å². The lowest BCUT2D eigenvalue weighted by molar-refractivity contribution is 0.726. The molecule has 5 nitrogen and oxygen atoms in total. The summed E-state index contributed by atoms with van der Waals surface area (Å²) >= 11 is 6.09. The second-order valence-electron chi connectivity index (χ2n) is 6.46. The van der Waals surface area contributed by atoms with E-state index >= 15 is 0 Å². The van der Waals surface area contributed by atoms with Crippen LogP contribution < -0.4 is 5.32 Å². The molecule has 0 unspecified atom stereocenters. The fraction of sp³-hybridized carbons (Fsp3) is 0.200. The molecule has 4 rings (SSSR count). The smallest absolute Gasteiger partial charge is 0.148 e.